The highest BCUT2D eigenvalue weighted by molar-refractivity contribution is 6.01. The Morgan fingerprint density at radius 2 is 1.68 bits per heavy atom. The summed E-state index contributed by atoms with van der Waals surface area (Å²) >= 11 is 0. The molecule has 0 radical (unpaired) electrons. The number of hydrogen-bond donors (Lipinski definition) is 3. The fourth-order valence-corrected chi connectivity index (χ4v) is 6.19. The van der Waals surface area contributed by atoms with Crippen molar-refractivity contribution in [1.82, 2.24) is 30.2 Å². The average molecular weight is 656 g/mol. The highest BCUT2D eigenvalue weighted by Crippen LogP contribution is 2.27. The standard InChI is InChI=1S/C34H50FN7O5/c1-6-29(43)38-30(34(46)41-19-17-40(5)18-20-41)22(3)24-13-14-27(26(35)21-24)37-33(45)31(23(4)47-25-11-9-8-10-12-25)39-32(44)28-15-16-36-42(28)7-2/h13-16,21-23,25,30-31H,6-12,17-20H2,1-5H3,(H,37,45)(H,38,43)(H,39,44)/t22-,23?,30+,31?/m0/s1. The van der Waals surface area contributed by atoms with Crippen molar-refractivity contribution in [1.29, 1.82) is 0 Å². The summed E-state index contributed by atoms with van der Waals surface area (Å²) in [7, 11) is 1.99. The maximum Gasteiger partial charge on any atom is 0.270 e. The molecule has 4 amide bonds. The van der Waals surface area contributed by atoms with Crippen LogP contribution in [0.25, 0.3) is 0 Å². The molecule has 1 aromatic carbocycles. The number of benzene rings is 1. The number of nitrogens with zero attached hydrogens (tertiary/aromatic N) is 4. The first-order valence-corrected chi connectivity index (χ1v) is 16.9. The van der Waals surface area contributed by atoms with Crippen LogP contribution in [0.15, 0.2) is 30.5 Å². The van der Waals surface area contributed by atoms with Crippen molar-refractivity contribution in [2.75, 3.05) is 38.5 Å². The Bertz CT molecular complexity index is 1390. The molecule has 1 aliphatic heterocycles. The van der Waals surface area contributed by atoms with E-state index < -0.39 is 41.7 Å². The third-order valence-electron chi connectivity index (χ3n) is 9.24. The molecule has 2 aromatic rings. The molecule has 4 atom stereocenters. The van der Waals surface area contributed by atoms with Crippen LogP contribution in [0, 0.1) is 5.82 Å². The topological polar surface area (TPSA) is 138 Å². The highest BCUT2D eigenvalue weighted by atomic mass is 19.1. The molecular weight excluding hydrogens is 605 g/mol. The second kappa shape index (κ2) is 16.8. The molecule has 3 N–H and O–H groups in total. The van der Waals surface area contributed by atoms with Crippen LogP contribution in [-0.4, -0.2) is 101 Å². The number of nitrogens with one attached hydrogen (secondary N) is 3. The Labute approximate surface area is 276 Å². The van der Waals surface area contributed by atoms with Gasteiger partial charge in [0.1, 0.15) is 23.6 Å². The van der Waals surface area contributed by atoms with Crippen LogP contribution in [0.5, 0.6) is 0 Å². The lowest BCUT2D eigenvalue weighted by atomic mass is 9.91. The fraction of sp³-hybridized carbons (Fsp3) is 0.618. The van der Waals surface area contributed by atoms with Crippen LogP contribution in [0.2, 0.25) is 0 Å². The van der Waals surface area contributed by atoms with E-state index in [4.69, 9.17) is 4.74 Å². The van der Waals surface area contributed by atoms with E-state index in [1.807, 2.05) is 14.0 Å². The molecule has 13 heteroatoms. The zero-order chi connectivity index (χ0) is 34.1. The first-order chi connectivity index (χ1) is 22.5. The minimum atomic E-state index is -1.11. The highest BCUT2D eigenvalue weighted by Gasteiger charge is 2.34. The van der Waals surface area contributed by atoms with E-state index in [9.17, 15) is 19.2 Å². The number of amides is 4. The normalized spacial score (nSPS) is 18.6. The number of hydrogen-bond acceptors (Lipinski definition) is 7. The Kier molecular flexibility index (Phi) is 12.9. The molecular formula is C34H50FN7O5. The summed E-state index contributed by atoms with van der Waals surface area (Å²) in [5.74, 6) is -2.84. The van der Waals surface area contributed by atoms with Crippen molar-refractivity contribution >= 4 is 29.3 Å². The van der Waals surface area contributed by atoms with Gasteiger partial charge in [-0.25, -0.2) is 4.39 Å². The number of anilines is 1. The summed E-state index contributed by atoms with van der Waals surface area (Å²) in [6, 6.07) is 3.94. The van der Waals surface area contributed by atoms with Crippen molar-refractivity contribution in [2.45, 2.75) is 103 Å². The largest absolute Gasteiger partial charge is 0.373 e. The van der Waals surface area contributed by atoms with Crippen molar-refractivity contribution in [3.05, 3.63) is 47.5 Å². The van der Waals surface area contributed by atoms with Gasteiger partial charge in [-0.2, -0.15) is 5.10 Å². The third kappa shape index (κ3) is 9.38. The molecule has 1 saturated carbocycles. The number of aryl methyl sites for hydroxylation is 1. The number of ether oxygens (including phenoxy) is 1. The molecule has 2 heterocycles. The van der Waals surface area contributed by atoms with E-state index in [0.717, 1.165) is 45.2 Å². The number of piperazine rings is 1. The molecule has 2 aliphatic rings. The summed E-state index contributed by atoms with van der Waals surface area (Å²) in [4.78, 5) is 56.8. The van der Waals surface area contributed by atoms with E-state index in [1.165, 1.54) is 23.0 Å². The molecule has 1 aromatic heterocycles. The Morgan fingerprint density at radius 3 is 2.32 bits per heavy atom. The summed E-state index contributed by atoms with van der Waals surface area (Å²) < 4.78 is 23.4. The molecule has 1 aliphatic carbocycles. The van der Waals surface area contributed by atoms with Crippen LogP contribution >= 0.6 is 0 Å². The second-order valence-corrected chi connectivity index (χ2v) is 12.6. The van der Waals surface area contributed by atoms with E-state index in [1.54, 1.807) is 37.8 Å². The number of carbonyl (C=O) groups excluding carboxylic acids is 4. The summed E-state index contributed by atoms with van der Waals surface area (Å²) in [6.07, 6.45) is 5.97. The van der Waals surface area contributed by atoms with Crippen LogP contribution in [0.3, 0.4) is 0 Å². The Balaban J connectivity index is 1.52. The zero-order valence-corrected chi connectivity index (χ0v) is 28.3. The van der Waals surface area contributed by atoms with Crippen molar-refractivity contribution in [3.63, 3.8) is 0 Å². The van der Waals surface area contributed by atoms with Gasteiger partial charge < -0.3 is 30.5 Å². The number of rotatable bonds is 13. The molecule has 12 nitrogen and oxygen atoms in total. The van der Waals surface area contributed by atoms with Gasteiger partial charge in [0.05, 0.1) is 17.9 Å². The lowest BCUT2D eigenvalue weighted by Gasteiger charge is -2.36. The van der Waals surface area contributed by atoms with Gasteiger partial charge in [0.25, 0.3) is 5.91 Å². The monoisotopic (exact) mass is 655 g/mol. The van der Waals surface area contributed by atoms with E-state index in [2.05, 4.69) is 25.9 Å². The molecule has 1 saturated heterocycles. The lowest BCUT2D eigenvalue weighted by molar-refractivity contribution is -0.138. The van der Waals surface area contributed by atoms with Gasteiger partial charge in [0.2, 0.25) is 17.7 Å². The van der Waals surface area contributed by atoms with Gasteiger partial charge in [0, 0.05) is 51.3 Å². The first-order valence-electron chi connectivity index (χ1n) is 16.9. The number of halogens is 1. The quantitative estimate of drug-likeness (QED) is 0.301. The smallest absolute Gasteiger partial charge is 0.270 e. The van der Waals surface area contributed by atoms with Crippen LogP contribution in [0.4, 0.5) is 10.1 Å². The molecule has 2 fully saturated rings. The third-order valence-corrected chi connectivity index (χ3v) is 9.24. The number of carbonyl (C=O) groups is 4. The van der Waals surface area contributed by atoms with E-state index in [-0.39, 0.29) is 30.0 Å². The molecule has 47 heavy (non-hydrogen) atoms. The van der Waals surface area contributed by atoms with Gasteiger partial charge in [-0.05, 0) is 57.5 Å². The maximum atomic E-state index is 15.7. The van der Waals surface area contributed by atoms with Crippen LogP contribution < -0.4 is 16.0 Å². The van der Waals surface area contributed by atoms with Gasteiger partial charge in [-0.1, -0.05) is 39.2 Å². The minimum Gasteiger partial charge on any atom is -0.373 e. The van der Waals surface area contributed by atoms with Crippen LogP contribution in [-0.2, 0) is 25.7 Å². The molecule has 4 rings (SSSR count). The summed E-state index contributed by atoms with van der Waals surface area (Å²) in [6.45, 7) is 10.1. The Morgan fingerprint density at radius 1 is 0.979 bits per heavy atom. The minimum absolute atomic E-state index is 0.0284. The van der Waals surface area contributed by atoms with E-state index >= 15 is 4.39 Å². The fourth-order valence-electron chi connectivity index (χ4n) is 6.19. The molecule has 0 spiro atoms. The lowest BCUT2D eigenvalue weighted by Crippen LogP contribution is -2.55. The van der Waals surface area contributed by atoms with Crippen LogP contribution in [0.1, 0.15) is 88.2 Å². The Hall–Kier alpha value is -3.84. The number of aromatic nitrogens is 2. The summed E-state index contributed by atoms with van der Waals surface area (Å²) in [5.41, 5.74) is 0.722. The first kappa shape index (κ1) is 36.0. The molecule has 2 unspecified atom stereocenters. The average Bonchev–Trinajstić information content (AvgIpc) is 3.56. The van der Waals surface area contributed by atoms with Gasteiger partial charge in [0.15, 0.2) is 0 Å². The zero-order valence-electron chi connectivity index (χ0n) is 28.3. The van der Waals surface area contributed by atoms with Gasteiger partial charge in [-0.3, -0.25) is 23.9 Å². The van der Waals surface area contributed by atoms with E-state index in [0.29, 0.717) is 30.9 Å². The molecule has 0 bridgehead atoms. The number of likely N-dealkylation sites (N-methyl/N-ethyl adjacent to an activating group) is 1. The van der Waals surface area contributed by atoms with Crippen molar-refractivity contribution in [2.24, 2.45) is 0 Å². The second-order valence-electron chi connectivity index (χ2n) is 12.6. The summed E-state index contributed by atoms with van der Waals surface area (Å²) in [5, 5.41) is 12.4. The predicted octanol–water partition coefficient (Wildman–Crippen LogP) is 3.29. The van der Waals surface area contributed by atoms with Crippen molar-refractivity contribution < 1.29 is 28.3 Å². The van der Waals surface area contributed by atoms with Gasteiger partial charge >= 0.3 is 0 Å². The SMILES string of the molecule is CCC(=O)N[C@@H](C(=O)N1CCN(C)CC1)[C@@H](C)c1ccc(NC(=O)C(NC(=O)c2ccnn2CC)C(C)OC2CCCCC2)c(F)c1. The predicted molar refractivity (Wildman–Crippen MR) is 176 cm³/mol. The maximum absolute atomic E-state index is 15.7. The van der Waals surface area contributed by atoms with Gasteiger partial charge in [-0.15, -0.1) is 0 Å². The molecule has 258 valence electrons. The van der Waals surface area contributed by atoms with Crippen molar-refractivity contribution in [3.8, 4) is 0 Å².